The molecule has 1 heterocycles. The molecule has 3 heteroatoms. The molecular formula is C17H21BrN2. The minimum atomic E-state index is 0.770. The van der Waals surface area contributed by atoms with Gasteiger partial charge in [0.25, 0.3) is 0 Å². The standard InChI is InChI=1S/C17H21BrN2/c1-12-19-16(17(18)20(12)2)15-10-8-14(9-11-15)13-6-4-3-5-7-13/h8-11,13H,3-7H2,1-2H3. The van der Waals surface area contributed by atoms with Crippen molar-refractivity contribution >= 4 is 15.9 Å². The minimum Gasteiger partial charge on any atom is -0.326 e. The number of hydrogen-bond acceptors (Lipinski definition) is 1. The highest BCUT2D eigenvalue weighted by Gasteiger charge is 2.16. The summed E-state index contributed by atoms with van der Waals surface area (Å²) in [5.74, 6) is 1.80. The van der Waals surface area contributed by atoms with Gasteiger partial charge in [0.2, 0.25) is 0 Å². The fourth-order valence-corrected chi connectivity index (χ4v) is 3.69. The summed E-state index contributed by atoms with van der Waals surface area (Å²) >= 11 is 3.63. The maximum Gasteiger partial charge on any atom is 0.112 e. The van der Waals surface area contributed by atoms with Gasteiger partial charge in [-0.25, -0.2) is 4.98 Å². The van der Waals surface area contributed by atoms with Crippen LogP contribution in [0, 0.1) is 6.92 Å². The molecule has 1 aromatic heterocycles. The first kappa shape index (κ1) is 13.9. The minimum absolute atomic E-state index is 0.770. The lowest BCUT2D eigenvalue weighted by atomic mass is 9.84. The third kappa shape index (κ3) is 2.56. The molecule has 1 aliphatic rings. The van der Waals surface area contributed by atoms with Gasteiger partial charge >= 0.3 is 0 Å². The van der Waals surface area contributed by atoms with E-state index in [-0.39, 0.29) is 0 Å². The maximum atomic E-state index is 4.64. The zero-order valence-electron chi connectivity index (χ0n) is 12.2. The predicted octanol–water partition coefficient (Wildman–Crippen LogP) is 5.21. The van der Waals surface area contributed by atoms with Gasteiger partial charge in [0.15, 0.2) is 0 Å². The number of aryl methyl sites for hydroxylation is 1. The maximum absolute atomic E-state index is 4.64. The molecule has 20 heavy (non-hydrogen) atoms. The van der Waals surface area contributed by atoms with Crippen LogP contribution in [-0.2, 0) is 7.05 Å². The van der Waals surface area contributed by atoms with E-state index in [4.69, 9.17) is 0 Å². The SMILES string of the molecule is Cc1nc(-c2ccc(C3CCCCC3)cc2)c(Br)n1C. The number of hydrogen-bond donors (Lipinski definition) is 0. The normalized spacial score (nSPS) is 16.6. The lowest BCUT2D eigenvalue weighted by Crippen LogP contribution is -2.04. The number of halogens is 1. The highest BCUT2D eigenvalue weighted by atomic mass is 79.9. The molecule has 0 amide bonds. The lowest BCUT2D eigenvalue weighted by Gasteiger charge is -2.22. The molecule has 0 spiro atoms. The van der Waals surface area contributed by atoms with E-state index in [0.29, 0.717) is 0 Å². The lowest BCUT2D eigenvalue weighted by molar-refractivity contribution is 0.443. The Morgan fingerprint density at radius 3 is 2.30 bits per heavy atom. The molecule has 0 atom stereocenters. The first-order valence-electron chi connectivity index (χ1n) is 7.46. The summed E-state index contributed by atoms with van der Waals surface area (Å²) in [7, 11) is 2.03. The van der Waals surface area contributed by atoms with Gasteiger partial charge in [0.1, 0.15) is 16.1 Å². The molecule has 2 nitrogen and oxygen atoms in total. The summed E-state index contributed by atoms with van der Waals surface area (Å²) in [4.78, 5) is 4.64. The Morgan fingerprint density at radius 1 is 1.10 bits per heavy atom. The van der Waals surface area contributed by atoms with Gasteiger partial charge in [0, 0.05) is 12.6 Å². The largest absolute Gasteiger partial charge is 0.326 e. The Kier molecular flexibility index (Phi) is 3.97. The topological polar surface area (TPSA) is 17.8 Å². The fourth-order valence-electron chi connectivity index (χ4n) is 3.12. The van der Waals surface area contributed by atoms with Gasteiger partial charge < -0.3 is 4.57 Å². The van der Waals surface area contributed by atoms with E-state index in [9.17, 15) is 0 Å². The van der Waals surface area contributed by atoms with E-state index in [1.807, 2.05) is 14.0 Å². The first-order valence-corrected chi connectivity index (χ1v) is 8.25. The predicted molar refractivity (Wildman–Crippen MR) is 86.9 cm³/mol. The van der Waals surface area contributed by atoms with Gasteiger partial charge in [-0.05, 0) is 47.2 Å². The Balaban J connectivity index is 1.87. The van der Waals surface area contributed by atoms with Crippen LogP contribution < -0.4 is 0 Å². The zero-order chi connectivity index (χ0) is 14.1. The Labute approximate surface area is 129 Å². The molecule has 1 aliphatic carbocycles. The summed E-state index contributed by atoms with van der Waals surface area (Å²) in [5, 5.41) is 0. The van der Waals surface area contributed by atoms with Crippen LogP contribution in [0.1, 0.15) is 49.4 Å². The number of rotatable bonds is 2. The number of benzene rings is 1. The van der Waals surface area contributed by atoms with Gasteiger partial charge in [-0.1, -0.05) is 43.5 Å². The summed E-state index contributed by atoms with van der Waals surface area (Å²) in [5.41, 5.74) is 3.73. The van der Waals surface area contributed by atoms with Gasteiger partial charge in [-0.15, -0.1) is 0 Å². The van der Waals surface area contributed by atoms with Crippen LogP contribution in [0.4, 0.5) is 0 Å². The summed E-state index contributed by atoms with van der Waals surface area (Å²) in [6.45, 7) is 2.03. The molecule has 0 aliphatic heterocycles. The van der Waals surface area contributed by atoms with Crippen molar-refractivity contribution in [2.24, 2.45) is 7.05 Å². The second kappa shape index (κ2) is 5.72. The van der Waals surface area contributed by atoms with Crippen molar-refractivity contribution in [3.8, 4) is 11.3 Å². The summed E-state index contributed by atoms with van der Waals surface area (Å²) in [6.07, 6.45) is 6.89. The monoisotopic (exact) mass is 332 g/mol. The van der Waals surface area contributed by atoms with E-state index in [2.05, 4.69) is 49.7 Å². The van der Waals surface area contributed by atoms with Crippen LogP contribution in [0.15, 0.2) is 28.9 Å². The van der Waals surface area contributed by atoms with Gasteiger partial charge in [0.05, 0.1) is 0 Å². The second-order valence-electron chi connectivity index (χ2n) is 5.81. The van der Waals surface area contributed by atoms with Crippen molar-refractivity contribution in [1.29, 1.82) is 0 Å². The molecule has 1 saturated carbocycles. The van der Waals surface area contributed by atoms with E-state index in [1.165, 1.54) is 43.2 Å². The zero-order valence-corrected chi connectivity index (χ0v) is 13.8. The van der Waals surface area contributed by atoms with Crippen LogP contribution in [-0.4, -0.2) is 9.55 Å². The summed E-state index contributed by atoms with van der Waals surface area (Å²) < 4.78 is 3.13. The smallest absolute Gasteiger partial charge is 0.112 e. The quantitative estimate of drug-likeness (QED) is 0.738. The van der Waals surface area contributed by atoms with Crippen LogP contribution in [0.2, 0.25) is 0 Å². The molecule has 0 bridgehead atoms. The molecule has 0 unspecified atom stereocenters. The van der Waals surface area contributed by atoms with Crippen LogP contribution in [0.3, 0.4) is 0 Å². The fraction of sp³-hybridized carbons (Fsp3) is 0.471. The molecule has 0 saturated heterocycles. The van der Waals surface area contributed by atoms with Gasteiger partial charge in [-0.2, -0.15) is 0 Å². The highest BCUT2D eigenvalue weighted by molar-refractivity contribution is 9.10. The van der Waals surface area contributed by atoms with Crippen molar-refractivity contribution in [2.45, 2.75) is 44.9 Å². The molecule has 1 aromatic carbocycles. The number of nitrogens with zero attached hydrogens (tertiary/aromatic N) is 2. The molecular weight excluding hydrogens is 312 g/mol. The third-order valence-electron chi connectivity index (χ3n) is 4.51. The summed E-state index contributed by atoms with van der Waals surface area (Å²) in [6, 6.07) is 9.02. The molecule has 0 N–H and O–H groups in total. The third-order valence-corrected chi connectivity index (χ3v) is 5.42. The molecule has 3 rings (SSSR count). The van der Waals surface area contributed by atoms with Gasteiger partial charge in [-0.3, -0.25) is 0 Å². The van der Waals surface area contributed by atoms with Crippen LogP contribution >= 0.6 is 15.9 Å². The van der Waals surface area contributed by atoms with E-state index in [1.54, 1.807) is 0 Å². The average molecular weight is 333 g/mol. The van der Waals surface area contributed by atoms with E-state index in [0.717, 1.165) is 22.0 Å². The Morgan fingerprint density at radius 2 is 1.75 bits per heavy atom. The van der Waals surface area contributed by atoms with Crippen molar-refractivity contribution in [2.75, 3.05) is 0 Å². The average Bonchev–Trinajstić information content (AvgIpc) is 2.76. The second-order valence-corrected chi connectivity index (χ2v) is 6.57. The van der Waals surface area contributed by atoms with E-state index >= 15 is 0 Å². The van der Waals surface area contributed by atoms with Crippen LogP contribution in [0.25, 0.3) is 11.3 Å². The Bertz CT molecular complexity index is 592. The number of aromatic nitrogens is 2. The highest BCUT2D eigenvalue weighted by Crippen LogP contribution is 2.34. The van der Waals surface area contributed by atoms with E-state index < -0.39 is 0 Å². The van der Waals surface area contributed by atoms with Crippen molar-refractivity contribution in [3.05, 3.63) is 40.3 Å². The van der Waals surface area contributed by atoms with Crippen molar-refractivity contribution < 1.29 is 0 Å². The molecule has 106 valence electrons. The Hall–Kier alpha value is -1.09. The molecule has 1 fully saturated rings. The van der Waals surface area contributed by atoms with Crippen LogP contribution in [0.5, 0.6) is 0 Å². The van der Waals surface area contributed by atoms with Crippen molar-refractivity contribution in [1.82, 2.24) is 9.55 Å². The first-order chi connectivity index (χ1) is 9.66. The van der Waals surface area contributed by atoms with Crippen molar-refractivity contribution in [3.63, 3.8) is 0 Å². The molecule has 2 aromatic rings. The number of imidazole rings is 1. The molecule has 0 radical (unpaired) electrons.